The van der Waals surface area contributed by atoms with Gasteiger partial charge in [0.05, 0.1) is 12.7 Å². The molecule has 0 atom stereocenters. The van der Waals surface area contributed by atoms with Crippen molar-refractivity contribution in [1.29, 1.82) is 0 Å². The highest BCUT2D eigenvalue weighted by molar-refractivity contribution is 5.31. The Morgan fingerprint density at radius 2 is 1.51 bits per heavy atom. The van der Waals surface area contributed by atoms with Crippen molar-refractivity contribution in [3.63, 3.8) is 0 Å². The summed E-state index contributed by atoms with van der Waals surface area (Å²) >= 11 is 0. The van der Waals surface area contributed by atoms with Crippen molar-refractivity contribution in [2.75, 3.05) is 13.2 Å². The number of hydroxylamine groups is 2. The first kappa shape index (κ1) is 28.8. The van der Waals surface area contributed by atoms with Crippen LogP contribution < -0.4 is 0 Å². The largest absolute Gasteiger partial charge is 0.379 e. The number of ether oxygens (including phenoxy) is 1. The van der Waals surface area contributed by atoms with E-state index in [9.17, 15) is 0 Å². The quantitative estimate of drug-likeness (QED) is 0.243. The molecular formula is C33H52FNO2. The molecule has 0 amide bonds. The van der Waals surface area contributed by atoms with Crippen LogP contribution in [-0.2, 0) is 9.57 Å². The molecule has 0 N–H and O–H groups in total. The Balaban J connectivity index is 1.35. The predicted octanol–water partition coefficient (Wildman–Crippen LogP) is 8.94. The van der Waals surface area contributed by atoms with E-state index in [0.29, 0.717) is 24.5 Å². The highest BCUT2D eigenvalue weighted by atomic mass is 19.1. The zero-order valence-corrected chi connectivity index (χ0v) is 24.2. The van der Waals surface area contributed by atoms with Gasteiger partial charge in [0.2, 0.25) is 0 Å². The molecule has 0 spiro atoms. The van der Waals surface area contributed by atoms with Crippen molar-refractivity contribution < 1.29 is 14.0 Å². The van der Waals surface area contributed by atoms with Crippen LogP contribution in [0.2, 0.25) is 0 Å². The zero-order valence-electron chi connectivity index (χ0n) is 24.2. The van der Waals surface area contributed by atoms with Crippen LogP contribution in [0.25, 0.3) is 0 Å². The summed E-state index contributed by atoms with van der Waals surface area (Å²) in [4.78, 5) is 6.21. The number of rotatable bonds is 9. The molecule has 0 unspecified atom stereocenters. The number of halogens is 1. The highest BCUT2D eigenvalue weighted by Gasteiger charge is 2.47. The number of piperidine rings is 1. The molecule has 4 rings (SSSR count). The van der Waals surface area contributed by atoms with Gasteiger partial charge in [-0.25, -0.2) is 4.39 Å². The van der Waals surface area contributed by atoms with Gasteiger partial charge in [0.15, 0.2) is 0 Å². The third-order valence-electron chi connectivity index (χ3n) is 9.63. The fourth-order valence-corrected chi connectivity index (χ4v) is 8.07. The molecule has 2 aliphatic carbocycles. The first-order chi connectivity index (χ1) is 17.6. The van der Waals surface area contributed by atoms with Gasteiger partial charge in [-0.15, -0.1) is 6.58 Å². The van der Waals surface area contributed by atoms with E-state index in [-0.39, 0.29) is 16.9 Å². The van der Waals surface area contributed by atoms with E-state index in [1.165, 1.54) is 38.5 Å². The minimum absolute atomic E-state index is 0.0125. The molecule has 4 heteroatoms. The van der Waals surface area contributed by atoms with E-state index in [4.69, 9.17) is 9.57 Å². The molecule has 1 heterocycles. The van der Waals surface area contributed by atoms with Crippen LogP contribution in [0, 0.1) is 17.7 Å². The van der Waals surface area contributed by atoms with Gasteiger partial charge in [-0.05, 0) is 146 Å². The average Bonchev–Trinajstić information content (AvgIpc) is 2.86. The van der Waals surface area contributed by atoms with Crippen molar-refractivity contribution in [3.05, 3.63) is 47.8 Å². The molecule has 1 aromatic rings. The minimum Gasteiger partial charge on any atom is -0.379 e. The van der Waals surface area contributed by atoms with Gasteiger partial charge in [0.25, 0.3) is 0 Å². The molecule has 208 valence electrons. The third-order valence-corrected chi connectivity index (χ3v) is 9.63. The Morgan fingerprint density at radius 1 is 0.919 bits per heavy atom. The van der Waals surface area contributed by atoms with Crippen molar-refractivity contribution in [2.24, 2.45) is 11.8 Å². The Bertz CT molecular complexity index is 862. The Labute approximate surface area is 226 Å². The smallest absolute Gasteiger partial charge is 0.126 e. The minimum atomic E-state index is -0.122. The van der Waals surface area contributed by atoms with Crippen LogP contribution in [0.1, 0.15) is 128 Å². The molecule has 0 aromatic heterocycles. The Hall–Kier alpha value is -1.23. The second-order valence-electron chi connectivity index (χ2n) is 13.3. The lowest BCUT2D eigenvalue weighted by atomic mass is 9.69. The SMILES string of the molecule is C=CCCON1C(C)(C)CC(c2ccc(C3CCC(C4CCC(OCC)CC4)CC3)c(F)c2)CC1(C)C. The maximum Gasteiger partial charge on any atom is 0.126 e. The monoisotopic (exact) mass is 513 g/mol. The van der Waals surface area contributed by atoms with E-state index in [1.54, 1.807) is 0 Å². The average molecular weight is 514 g/mol. The van der Waals surface area contributed by atoms with Gasteiger partial charge in [-0.3, -0.25) is 4.84 Å². The zero-order chi connectivity index (χ0) is 26.6. The molecule has 0 radical (unpaired) electrons. The first-order valence-corrected chi connectivity index (χ1v) is 15.1. The summed E-state index contributed by atoms with van der Waals surface area (Å²) in [5.74, 6) is 2.39. The first-order valence-electron chi connectivity index (χ1n) is 15.1. The molecule has 0 bridgehead atoms. The lowest BCUT2D eigenvalue weighted by molar-refractivity contribution is -0.282. The van der Waals surface area contributed by atoms with Gasteiger partial charge in [0, 0.05) is 17.7 Å². The Kier molecular flexibility index (Phi) is 9.57. The van der Waals surface area contributed by atoms with Crippen LogP contribution in [0.4, 0.5) is 4.39 Å². The van der Waals surface area contributed by atoms with E-state index < -0.39 is 0 Å². The van der Waals surface area contributed by atoms with Crippen LogP contribution in [0.15, 0.2) is 30.9 Å². The van der Waals surface area contributed by atoms with Crippen molar-refractivity contribution in [1.82, 2.24) is 5.06 Å². The third kappa shape index (κ3) is 6.86. The lowest BCUT2D eigenvalue weighted by Gasteiger charge is -2.54. The van der Waals surface area contributed by atoms with Gasteiger partial charge in [-0.2, -0.15) is 5.06 Å². The second kappa shape index (κ2) is 12.3. The molecule has 3 fully saturated rings. The van der Waals surface area contributed by atoms with Crippen LogP contribution in [-0.4, -0.2) is 35.5 Å². The maximum atomic E-state index is 15.6. The lowest BCUT2D eigenvalue weighted by Crippen LogP contribution is -2.59. The molecule has 3 aliphatic rings. The van der Waals surface area contributed by atoms with Crippen molar-refractivity contribution >= 4 is 0 Å². The van der Waals surface area contributed by atoms with E-state index in [2.05, 4.69) is 58.4 Å². The van der Waals surface area contributed by atoms with Crippen molar-refractivity contribution in [2.45, 2.75) is 134 Å². The van der Waals surface area contributed by atoms with E-state index >= 15 is 4.39 Å². The maximum absolute atomic E-state index is 15.6. The van der Waals surface area contributed by atoms with Gasteiger partial charge >= 0.3 is 0 Å². The van der Waals surface area contributed by atoms with E-state index in [0.717, 1.165) is 61.7 Å². The van der Waals surface area contributed by atoms with Gasteiger partial charge in [0.1, 0.15) is 5.82 Å². The molecule has 3 nitrogen and oxygen atoms in total. The summed E-state index contributed by atoms with van der Waals surface area (Å²) in [5.41, 5.74) is 1.85. The molecule has 1 saturated heterocycles. The number of nitrogens with zero attached hydrogens (tertiary/aromatic N) is 1. The Morgan fingerprint density at radius 3 is 2.05 bits per heavy atom. The summed E-state index contributed by atoms with van der Waals surface area (Å²) in [6.07, 6.45) is 15.0. The van der Waals surface area contributed by atoms with Crippen LogP contribution in [0.5, 0.6) is 0 Å². The molecule has 37 heavy (non-hydrogen) atoms. The summed E-state index contributed by atoms with van der Waals surface area (Å²) < 4.78 is 21.4. The summed E-state index contributed by atoms with van der Waals surface area (Å²) in [6.45, 7) is 16.4. The number of hydrogen-bond donors (Lipinski definition) is 0. The standard InChI is InChI=1S/C33H52FNO2/c1-7-9-20-37-35-32(3,4)22-28(23-33(35,5)6)27-16-19-30(31(34)21-27)26-12-10-24(11-13-26)25-14-17-29(18-15-25)36-8-2/h7,16,19,21,24-26,28-29H,1,8-15,17-18,20,22-23H2,2-6H3. The molecule has 1 aliphatic heterocycles. The summed E-state index contributed by atoms with van der Waals surface area (Å²) in [5, 5.41) is 2.19. The van der Waals surface area contributed by atoms with Crippen LogP contribution in [0.3, 0.4) is 0 Å². The van der Waals surface area contributed by atoms with Gasteiger partial charge in [-0.1, -0.05) is 18.2 Å². The van der Waals surface area contributed by atoms with Crippen molar-refractivity contribution in [3.8, 4) is 0 Å². The molecule has 1 aromatic carbocycles. The van der Waals surface area contributed by atoms with Gasteiger partial charge < -0.3 is 4.74 Å². The second-order valence-corrected chi connectivity index (χ2v) is 13.3. The number of hydrogen-bond acceptors (Lipinski definition) is 3. The normalized spacial score (nSPS) is 30.8. The fraction of sp³-hybridized carbons (Fsp3) is 0.758. The predicted molar refractivity (Wildman–Crippen MR) is 151 cm³/mol. The number of benzene rings is 1. The summed E-state index contributed by atoms with van der Waals surface area (Å²) in [7, 11) is 0. The fourth-order valence-electron chi connectivity index (χ4n) is 8.07. The molecular weight excluding hydrogens is 461 g/mol. The highest BCUT2D eigenvalue weighted by Crippen LogP contribution is 2.47. The van der Waals surface area contributed by atoms with Crippen LogP contribution >= 0.6 is 0 Å². The topological polar surface area (TPSA) is 21.7 Å². The van der Waals surface area contributed by atoms with E-state index in [1.807, 2.05) is 12.1 Å². The molecule has 2 saturated carbocycles. The summed E-state index contributed by atoms with van der Waals surface area (Å²) in [6, 6.07) is 6.21.